The molecule has 1 saturated heterocycles. The average Bonchev–Trinajstić information content (AvgIpc) is 2.53. The van der Waals surface area contributed by atoms with Crippen molar-refractivity contribution in [3.05, 3.63) is 35.9 Å². The van der Waals surface area contributed by atoms with Crippen LogP contribution in [0.4, 0.5) is 0 Å². The highest BCUT2D eigenvalue weighted by Crippen LogP contribution is 2.44. The molecule has 1 aliphatic heterocycles. The molecule has 2 rings (SSSR count). The zero-order chi connectivity index (χ0) is 19.8. The number of rotatable bonds is 6. The molecule has 0 amide bonds. The van der Waals surface area contributed by atoms with E-state index >= 15 is 0 Å². The molecule has 0 radical (unpaired) electrons. The van der Waals surface area contributed by atoms with Gasteiger partial charge in [0.15, 0.2) is 16.6 Å². The van der Waals surface area contributed by atoms with Gasteiger partial charge in [0.05, 0.1) is 12.2 Å². The highest BCUT2D eigenvalue weighted by atomic mass is 28.4. The van der Waals surface area contributed by atoms with Gasteiger partial charge < -0.3 is 18.7 Å². The monoisotopic (exact) mass is 396 g/mol. The Balaban J connectivity index is 2.55. The second-order valence-electron chi connectivity index (χ2n) is 9.33. The van der Waals surface area contributed by atoms with E-state index in [0.29, 0.717) is 0 Å². The quantitative estimate of drug-likeness (QED) is 0.707. The van der Waals surface area contributed by atoms with E-state index in [0.717, 1.165) is 12.0 Å². The summed E-state index contributed by atoms with van der Waals surface area (Å²) in [6.45, 7) is 17.2. The zero-order valence-electron chi connectivity index (χ0n) is 17.6. The summed E-state index contributed by atoms with van der Waals surface area (Å²) in [6.07, 6.45) is 0.00285. The first-order valence-electron chi connectivity index (χ1n) is 9.69. The molecule has 1 aromatic rings. The van der Waals surface area contributed by atoms with E-state index in [2.05, 4.69) is 53.1 Å². The van der Waals surface area contributed by atoms with Crippen molar-refractivity contribution in [1.29, 1.82) is 0 Å². The molecule has 26 heavy (non-hydrogen) atoms. The Morgan fingerprint density at radius 3 is 2.00 bits per heavy atom. The number of hydrogen-bond donors (Lipinski definition) is 1. The van der Waals surface area contributed by atoms with Crippen LogP contribution in [0.15, 0.2) is 30.3 Å². The second-order valence-corrected chi connectivity index (χ2v) is 18.3. The molecule has 0 aliphatic carbocycles. The molecule has 0 bridgehead atoms. The van der Waals surface area contributed by atoms with Crippen LogP contribution in [0.2, 0.25) is 39.3 Å². The number of benzene rings is 1. The van der Waals surface area contributed by atoms with Gasteiger partial charge in [0, 0.05) is 11.5 Å². The van der Waals surface area contributed by atoms with Gasteiger partial charge in [0.2, 0.25) is 5.79 Å². The van der Waals surface area contributed by atoms with Crippen LogP contribution in [0.3, 0.4) is 0 Å². The Morgan fingerprint density at radius 1 is 1.00 bits per heavy atom. The average molecular weight is 397 g/mol. The number of hydrogen-bond acceptors (Lipinski definition) is 4. The Kier molecular flexibility index (Phi) is 6.58. The third kappa shape index (κ3) is 5.05. The van der Waals surface area contributed by atoms with Gasteiger partial charge in [-0.2, -0.15) is 0 Å². The lowest BCUT2D eigenvalue weighted by Crippen LogP contribution is -2.64. The molecule has 5 atom stereocenters. The maximum atomic E-state index is 11.8. The van der Waals surface area contributed by atoms with Crippen LogP contribution in [0.5, 0.6) is 0 Å². The Bertz CT molecular complexity index is 582. The van der Waals surface area contributed by atoms with Crippen molar-refractivity contribution in [2.75, 3.05) is 0 Å². The van der Waals surface area contributed by atoms with Gasteiger partial charge in [0.25, 0.3) is 0 Å². The van der Waals surface area contributed by atoms with Gasteiger partial charge in [-0.05, 0) is 45.7 Å². The normalized spacial score (nSPS) is 33.3. The molecule has 0 spiro atoms. The molecule has 1 aromatic carbocycles. The number of ether oxygens (including phenoxy) is 1. The predicted octanol–water partition coefficient (Wildman–Crippen LogP) is 4.72. The fourth-order valence-electron chi connectivity index (χ4n) is 3.58. The fourth-order valence-corrected chi connectivity index (χ4v) is 5.80. The molecule has 1 N–H and O–H groups in total. The van der Waals surface area contributed by atoms with Crippen LogP contribution in [0.1, 0.15) is 25.8 Å². The van der Waals surface area contributed by atoms with Crippen LogP contribution in [-0.2, 0) is 19.4 Å². The van der Waals surface area contributed by atoms with Gasteiger partial charge in [0.1, 0.15) is 6.10 Å². The first kappa shape index (κ1) is 21.8. The second kappa shape index (κ2) is 7.85. The molecule has 1 aliphatic rings. The maximum absolute atomic E-state index is 11.8. The van der Waals surface area contributed by atoms with Crippen molar-refractivity contribution >= 4 is 16.6 Å². The van der Waals surface area contributed by atoms with E-state index in [4.69, 9.17) is 13.6 Å². The summed E-state index contributed by atoms with van der Waals surface area (Å²) >= 11 is 0. The van der Waals surface area contributed by atoms with E-state index in [9.17, 15) is 5.11 Å². The minimum atomic E-state index is -1.95. The van der Waals surface area contributed by atoms with Crippen molar-refractivity contribution in [2.24, 2.45) is 5.92 Å². The third-order valence-electron chi connectivity index (χ3n) is 4.68. The fraction of sp³-hybridized carbons (Fsp3) is 0.700. The van der Waals surface area contributed by atoms with E-state index in [1.54, 1.807) is 0 Å². The van der Waals surface area contributed by atoms with Crippen molar-refractivity contribution < 1.29 is 18.7 Å². The Morgan fingerprint density at radius 2 is 1.54 bits per heavy atom. The van der Waals surface area contributed by atoms with Crippen LogP contribution < -0.4 is 0 Å². The maximum Gasteiger partial charge on any atom is 0.221 e. The van der Waals surface area contributed by atoms with E-state index in [1.807, 2.05) is 30.3 Å². The summed E-state index contributed by atoms with van der Waals surface area (Å²) in [5.74, 6) is -1.35. The topological polar surface area (TPSA) is 47.9 Å². The van der Waals surface area contributed by atoms with E-state index in [1.165, 1.54) is 0 Å². The lowest BCUT2D eigenvalue weighted by atomic mass is 9.83. The van der Waals surface area contributed by atoms with Gasteiger partial charge in [-0.15, -0.1) is 0 Å². The molecule has 6 heteroatoms. The SMILES string of the molecule is CC[C@H]1OC(O)(c2ccccc2)[C@H](O[Si](C)(C)C)[C@@H](O[Si](C)(C)C)[C@@H]1C. The summed E-state index contributed by atoms with van der Waals surface area (Å²) < 4.78 is 19.4. The molecule has 4 nitrogen and oxygen atoms in total. The standard InChI is InChI=1S/C20H36O4Si2/c1-9-17-15(2)18(23-25(3,4)5)19(24-26(6,7)8)20(21,22-17)16-13-11-10-12-14-16/h10-15,17-19,21H,9H2,1-8H3/t15-,17-,18+,19-,20?/m1/s1. The highest BCUT2D eigenvalue weighted by Gasteiger charge is 2.56. The van der Waals surface area contributed by atoms with Gasteiger partial charge in [-0.3, -0.25) is 0 Å². The molecular formula is C20H36O4Si2. The van der Waals surface area contributed by atoms with Crippen LogP contribution in [0.25, 0.3) is 0 Å². The summed E-state index contributed by atoms with van der Waals surface area (Å²) in [6, 6.07) is 9.62. The first-order chi connectivity index (χ1) is 11.9. The highest BCUT2D eigenvalue weighted by molar-refractivity contribution is 6.70. The van der Waals surface area contributed by atoms with Crippen LogP contribution in [-0.4, -0.2) is 40.1 Å². The first-order valence-corrected chi connectivity index (χ1v) is 16.5. The molecule has 1 unspecified atom stereocenters. The summed E-state index contributed by atoms with van der Waals surface area (Å²) in [7, 11) is -3.79. The summed E-state index contributed by atoms with van der Waals surface area (Å²) in [4.78, 5) is 0. The zero-order valence-corrected chi connectivity index (χ0v) is 19.6. The summed E-state index contributed by atoms with van der Waals surface area (Å²) in [5, 5.41) is 11.8. The van der Waals surface area contributed by atoms with Crippen molar-refractivity contribution in [3.8, 4) is 0 Å². The molecule has 148 valence electrons. The minimum absolute atomic E-state index is 0.0805. The molecule has 0 saturated carbocycles. The van der Waals surface area contributed by atoms with Crippen LogP contribution >= 0.6 is 0 Å². The van der Waals surface area contributed by atoms with Crippen molar-refractivity contribution in [3.63, 3.8) is 0 Å². The molecule has 0 aromatic heterocycles. The molecule has 1 heterocycles. The molecule has 1 fully saturated rings. The van der Waals surface area contributed by atoms with E-state index < -0.39 is 28.5 Å². The lowest BCUT2D eigenvalue weighted by Gasteiger charge is -2.53. The predicted molar refractivity (Wildman–Crippen MR) is 111 cm³/mol. The Hall–Kier alpha value is -0.506. The Labute approximate surface area is 161 Å². The van der Waals surface area contributed by atoms with Crippen molar-refractivity contribution in [1.82, 2.24) is 0 Å². The lowest BCUT2D eigenvalue weighted by molar-refractivity contribution is -0.339. The van der Waals surface area contributed by atoms with Gasteiger partial charge >= 0.3 is 0 Å². The van der Waals surface area contributed by atoms with Gasteiger partial charge in [-0.1, -0.05) is 44.2 Å². The third-order valence-corrected chi connectivity index (χ3v) is 6.62. The molecular weight excluding hydrogens is 360 g/mol. The largest absolute Gasteiger partial charge is 0.412 e. The summed E-state index contributed by atoms with van der Waals surface area (Å²) in [5.41, 5.74) is 0.734. The van der Waals surface area contributed by atoms with Crippen LogP contribution in [0, 0.1) is 5.92 Å². The number of aliphatic hydroxyl groups is 1. The minimum Gasteiger partial charge on any atom is -0.412 e. The van der Waals surface area contributed by atoms with Gasteiger partial charge in [-0.25, -0.2) is 0 Å². The van der Waals surface area contributed by atoms with E-state index in [-0.39, 0.29) is 18.1 Å². The smallest absolute Gasteiger partial charge is 0.221 e. The van der Waals surface area contributed by atoms with Crippen molar-refractivity contribution in [2.45, 2.75) is 83.6 Å².